The lowest BCUT2D eigenvalue weighted by atomic mass is 10.2. The summed E-state index contributed by atoms with van der Waals surface area (Å²) in [4.78, 5) is 18.8. The fourth-order valence-electron chi connectivity index (χ4n) is 2.59. The summed E-state index contributed by atoms with van der Waals surface area (Å²) < 4.78 is 6.83. The van der Waals surface area contributed by atoms with Gasteiger partial charge in [0, 0.05) is 7.05 Å². The van der Waals surface area contributed by atoms with E-state index in [2.05, 4.69) is 11.1 Å². The molecule has 0 unspecified atom stereocenters. The Balaban J connectivity index is 1.57. The number of para-hydroxylation sites is 1. The van der Waals surface area contributed by atoms with Gasteiger partial charge in [0.2, 0.25) is 5.91 Å². The molecule has 0 fully saturated rings. The van der Waals surface area contributed by atoms with Crippen molar-refractivity contribution >= 4 is 27.5 Å². The Kier molecular flexibility index (Phi) is 5.34. The molecule has 1 amide bonds. The quantitative estimate of drug-likeness (QED) is 0.650. The van der Waals surface area contributed by atoms with Gasteiger partial charge in [-0.15, -0.1) is 11.3 Å². The molecule has 3 rings (SSSR count). The molecule has 0 bridgehead atoms. The topological polar surface area (TPSA) is 42.4 Å². The van der Waals surface area contributed by atoms with Gasteiger partial charge < -0.3 is 9.64 Å². The fraction of sp³-hybridized carbons (Fsp3) is 0.300. The van der Waals surface area contributed by atoms with Crippen molar-refractivity contribution < 1.29 is 9.53 Å². The first kappa shape index (κ1) is 17.4. The van der Waals surface area contributed by atoms with E-state index in [1.165, 1.54) is 0 Å². The van der Waals surface area contributed by atoms with Crippen molar-refractivity contribution in [2.24, 2.45) is 0 Å². The Bertz CT molecular complexity index is 842. The lowest BCUT2D eigenvalue weighted by molar-refractivity contribution is -0.132. The monoisotopic (exact) mass is 354 g/mol. The van der Waals surface area contributed by atoms with E-state index in [9.17, 15) is 4.79 Å². The van der Waals surface area contributed by atoms with E-state index in [1.54, 1.807) is 16.2 Å². The molecule has 0 radical (unpaired) electrons. The summed E-state index contributed by atoms with van der Waals surface area (Å²) in [5.74, 6) is 0.856. The van der Waals surface area contributed by atoms with Gasteiger partial charge in [0.15, 0.2) is 0 Å². The molecule has 0 aliphatic carbocycles. The number of hydrogen-bond donors (Lipinski definition) is 0. The molecule has 0 saturated carbocycles. The Labute approximate surface area is 152 Å². The van der Waals surface area contributed by atoms with Gasteiger partial charge >= 0.3 is 0 Å². The normalized spacial score (nSPS) is 12.1. The van der Waals surface area contributed by atoms with Crippen LogP contribution in [0, 0.1) is 6.92 Å². The first-order valence-electron chi connectivity index (χ1n) is 8.35. The zero-order valence-electron chi connectivity index (χ0n) is 14.7. The van der Waals surface area contributed by atoms with Gasteiger partial charge in [0.25, 0.3) is 0 Å². The van der Waals surface area contributed by atoms with E-state index in [4.69, 9.17) is 4.74 Å². The molecule has 0 aliphatic heterocycles. The van der Waals surface area contributed by atoms with Gasteiger partial charge in [-0.05, 0) is 43.7 Å². The number of ether oxygens (including phenoxy) is 1. The Morgan fingerprint density at radius 2 is 2.04 bits per heavy atom. The third kappa shape index (κ3) is 4.17. The first-order valence-corrected chi connectivity index (χ1v) is 9.17. The molecule has 2 aromatic carbocycles. The van der Waals surface area contributed by atoms with Crippen LogP contribution in [0.25, 0.3) is 10.2 Å². The van der Waals surface area contributed by atoms with E-state index in [0.29, 0.717) is 13.0 Å². The molecule has 0 aliphatic rings. The van der Waals surface area contributed by atoms with Gasteiger partial charge in [-0.1, -0.05) is 24.3 Å². The van der Waals surface area contributed by atoms with E-state index < -0.39 is 0 Å². The third-order valence-corrected chi connectivity index (χ3v) is 5.42. The highest BCUT2D eigenvalue weighted by molar-refractivity contribution is 7.18. The summed E-state index contributed by atoms with van der Waals surface area (Å²) in [5.41, 5.74) is 2.13. The van der Waals surface area contributed by atoms with Gasteiger partial charge in [0.1, 0.15) is 10.8 Å². The third-order valence-electron chi connectivity index (χ3n) is 4.22. The molecular weight excluding hydrogens is 332 g/mol. The Morgan fingerprint density at radius 3 is 2.80 bits per heavy atom. The molecule has 0 N–H and O–H groups in total. The summed E-state index contributed by atoms with van der Waals surface area (Å²) >= 11 is 1.64. The van der Waals surface area contributed by atoms with Crippen molar-refractivity contribution in [2.75, 3.05) is 13.7 Å². The number of carbonyl (C=O) groups is 1. The van der Waals surface area contributed by atoms with Crippen molar-refractivity contribution in [1.29, 1.82) is 0 Å². The van der Waals surface area contributed by atoms with Crippen LogP contribution in [0.15, 0.2) is 48.5 Å². The number of aryl methyl sites for hydroxylation is 1. The van der Waals surface area contributed by atoms with Crippen LogP contribution >= 0.6 is 11.3 Å². The summed E-state index contributed by atoms with van der Waals surface area (Å²) in [7, 11) is 1.83. The van der Waals surface area contributed by atoms with Crippen LogP contribution in [0.4, 0.5) is 0 Å². The molecular formula is C20H22N2O2S. The van der Waals surface area contributed by atoms with Gasteiger partial charge in [-0.3, -0.25) is 4.79 Å². The number of aromatic nitrogens is 1. The highest BCUT2D eigenvalue weighted by Crippen LogP contribution is 2.29. The average molecular weight is 354 g/mol. The van der Waals surface area contributed by atoms with Crippen molar-refractivity contribution in [2.45, 2.75) is 26.3 Å². The predicted octanol–water partition coefficient (Wildman–Crippen LogP) is 4.59. The summed E-state index contributed by atoms with van der Waals surface area (Å²) in [6, 6.07) is 15.8. The van der Waals surface area contributed by atoms with Crippen LogP contribution < -0.4 is 4.74 Å². The number of hydrogen-bond acceptors (Lipinski definition) is 4. The smallest absolute Gasteiger partial charge is 0.226 e. The molecule has 3 aromatic rings. The van der Waals surface area contributed by atoms with Crippen LogP contribution in [0.1, 0.15) is 30.0 Å². The molecule has 1 atom stereocenters. The van der Waals surface area contributed by atoms with Crippen molar-refractivity contribution in [3.63, 3.8) is 0 Å². The summed E-state index contributed by atoms with van der Waals surface area (Å²) in [6.45, 7) is 4.40. The van der Waals surface area contributed by atoms with E-state index in [0.717, 1.165) is 26.5 Å². The van der Waals surface area contributed by atoms with E-state index in [1.807, 2.05) is 63.4 Å². The zero-order chi connectivity index (χ0) is 17.8. The van der Waals surface area contributed by atoms with Crippen molar-refractivity contribution in [1.82, 2.24) is 9.88 Å². The number of thiazole rings is 1. The molecule has 0 saturated heterocycles. The minimum Gasteiger partial charge on any atom is -0.493 e. The molecule has 1 heterocycles. The number of amides is 1. The molecule has 0 spiro atoms. The van der Waals surface area contributed by atoms with Gasteiger partial charge in [0.05, 0.1) is 29.3 Å². The maximum atomic E-state index is 12.5. The largest absolute Gasteiger partial charge is 0.493 e. The summed E-state index contributed by atoms with van der Waals surface area (Å²) in [6.07, 6.45) is 0.347. The number of fused-ring (bicyclic) bond motifs is 1. The van der Waals surface area contributed by atoms with Crippen molar-refractivity contribution in [3.05, 3.63) is 59.1 Å². The van der Waals surface area contributed by atoms with Crippen LogP contribution in [-0.2, 0) is 4.79 Å². The lowest BCUT2D eigenvalue weighted by Gasteiger charge is -2.23. The highest BCUT2D eigenvalue weighted by atomic mass is 32.1. The molecule has 130 valence electrons. The second-order valence-corrected chi connectivity index (χ2v) is 7.18. The summed E-state index contributed by atoms with van der Waals surface area (Å²) in [5, 5.41) is 0.955. The molecule has 1 aromatic heterocycles. The van der Waals surface area contributed by atoms with Crippen LogP contribution in [-0.4, -0.2) is 29.4 Å². The second kappa shape index (κ2) is 7.66. The van der Waals surface area contributed by atoms with Crippen LogP contribution in [0.2, 0.25) is 0 Å². The van der Waals surface area contributed by atoms with E-state index >= 15 is 0 Å². The predicted molar refractivity (Wildman–Crippen MR) is 102 cm³/mol. The van der Waals surface area contributed by atoms with Gasteiger partial charge in [-0.25, -0.2) is 4.98 Å². The molecule has 25 heavy (non-hydrogen) atoms. The SMILES string of the molecule is Cc1cccc(OCCC(=O)N(C)[C@@H](C)c2nc3ccccc3s2)c1. The zero-order valence-corrected chi connectivity index (χ0v) is 15.5. The second-order valence-electron chi connectivity index (χ2n) is 6.12. The lowest BCUT2D eigenvalue weighted by Crippen LogP contribution is -2.30. The maximum absolute atomic E-state index is 12.5. The Morgan fingerprint density at radius 1 is 1.24 bits per heavy atom. The minimum absolute atomic E-state index is 0.0520. The van der Waals surface area contributed by atoms with Gasteiger partial charge in [-0.2, -0.15) is 0 Å². The highest BCUT2D eigenvalue weighted by Gasteiger charge is 2.20. The number of benzene rings is 2. The van der Waals surface area contributed by atoms with Crippen LogP contribution in [0.5, 0.6) is 5.75 Å². The number of carbonyl (C=O) groups excluding carboxylic acids is 1. The fourth-order valence-corrected chi connectivity index (χ4v) is 3.65. The van der Waals surface area contributed by atoms with Crippen molar-refractivity contribution in [3.8, 4) is 5.75 Å². The number of nitrogens with zero attached hydrogens (tertiary/aromatic N) is 2. The van der Waals surface area contributed by atoms with Crippen LogP contribution in [0.3, 0.4) is 0 Å². The standard InChI is InChI=1S/C20H22N2O2S/c1-14-7-6-8-16(13-14)24-12-11-19(23)22(3)15(2)20-21-17-9-4-5-10-18(17)25-20/h4-10,13,15H,11-12H2,1-3H3/t15-/m0/s1. The maximum Gasteiger partial charge on any atom is 0.226 e. The molecule has 5 heteroatoms. The van der Waals surface area contributed by atoms with E-state index in [-0.39, 0.29) is 11.9 Å². The Hall–Kier alpha value is -2.40. The minimum atomic E-state index is -0.0520. The average Bonchev–Trinajstić information content (AvgIpc) is 3.04. The number of rotatable bonds is 6. The first-order chi connectivity index (χ1) is 12.0. The molecule has 4 nitrogen and oxygen atoms in total.